The highest BCUT2D eigenvalue weighted by atomic mass is 16.5. The van der Waals surface area contributed by atoms with E-state index >= 15 is 0 Å². The Hall–Kier alpha value is -2.20. The first-order valence-corrected chi connectivity index (χ1v) is 11.5. The zero-order chi connectivity index (χ0) is 22.9. The Bertz CT molecular complexity index is 728. The number of morpholine rings is 1. The SMILES string of the molecule is CN1CCN(C(CNC(=O)C(=O)NCCN2CCOCC2)c2ccc(N(C)C)cc2)CC1. The van der Waals surface area contributed by atoms with E-state index in [1.165, 1.54) is 0 Å². The molecule has 0 spiro atoms. The highest BCUT2D eigenvalue weighted by Crippen LogP contribution is 2.24. The van der Waals surface area contributed by atoms with Crippen LogP contribution in [0.2, 0.25) is 0 Å². The van der Waals surface area contributed by atoms with E-state index in [-0.39, 0.29) is 6.04 Å². The van der Waals surface area contributed by atoms with Gasteiger partial charge in [0.1, 0.15) is 0 Å². The fourth-order valence-corrected chi connectivity index (χ4v) is 4.09. The summed E-state index contributed by atoms with van der Waals surface area (Å²) in [7, 11) is 6.16. The minimum atomic E-state index is -0.573. The van der Waals surface area contributed by atoms with Crippen LogP contribution in [0.4, 0.5) is 5.69 Å². The van der Waals surface area contributed by atoms with Crippen molar-refractivity contribution in [3.05, 3.63) is 29.8 Å². The van der Waals surface area contributed by atoms with Crippen LogP contribution in [0.5, 0.6) is 0 Å². The molecule has 2 fully saturated rings. The Morgan fingerprint density at radius 1 is 0.969 bits per heavy atom. The largest absolute Gasteiger partial charge is 0.379 e. The lowest BCUT2D eigenvalue weighted by Crippen LogP contribution is -2.50. The summed E-state index contributed by atoms with van der Waals surface area (Å²) in [5.41, 5.74) is 2.28. The van der Waals surface area contributed by atoms with Gasteiger partial charge in [0.2, 0.25) is 0 Å². The van der Waals surface area contributed by atoms with Crippen molar-refractivity contribution < 1.29 is 14.3 Å². The van der Waals surface area contributed by atoms with Gasteiger partial charge < -0.3 is 25.2 Å². The molecule has 1 unspecified atom stereocenters. The van der Waals surface area contributed by atoms with Gasteiger partial charge in [-0.2, -0.15) is 0 Å². The molecular formula is C23H38N6O3. The van der Waals surface area contributed by atoms with Crippen LogP contribution in [0.25, 0.3) is 0 Å². The number of carbonyl (C=O) groups excluding carboxylic acids is 2. The van der Waals surface area contributed by atoms with E-state index in [0.717, 1.165) is 70.3 Å². The predicted octanol–water partition coefficient (Wildman–Crippen LogP) is -0.394. The Kier molecular flexibility index (Phi) is 9.28. The first kappa shape index (κ1) is 24.4. The molecule has 2 aliphatic heterocycles. The summed E-state index contributed by atoms with van der Waals surface area (Å²) in [4.78, 5) is 33.7. The maximum absolute atomic E-state index is 12.4. The first-order valence-electron chi connectivity index (χ1n) is 11.5. The molecular weight excluding hydrogens is 408 g/mol. The number of likely N-dealkylation sites (N-methyl/N-ethyl adjacent to an activating group) is 1. The second-order valence-corrected chi connectivity index (χ2v) is 8.76. The zero-order valence-corrected chi connectivity index (χ0v) is 19.7. The molecule has 2 saturated heterocycles. The van der Waals surface area contributed by atoms with Gasteiger partial charge in [0.05, 0.1) is 19.3 Å². The summed E-state index contributed by atoms with van der Waals surface area (Å²) in [6.45, 7) is 8.59. The summed E-state index contributed by atoms with van der Waals surface area (Å²) in [6.07, 6.45) is 0. The van der Waals surface area contributed by atoms with Gasteiger partial charge in [-0.25, -0.2) is 0 Å². The summed E-state index contributed by atoms with van der Waals surface area (Å²) in [5.74, 6) is -1.14. The molecule has 2 heterocycles. The van der Waals surface area contributed by atoms with Gasteiger partial charge >= 0.3 is 11.8 Å². The Morgan fingerprint density at radius 2 is 1.59 bits per heavy atom. The number of piperazine rings is 1. The lowest BCUT2D eigenvalue weighted by atomic mass is 10.0. The number of hydrogen-bond acceptors (Lipinski definition) is 7. The van der Waals surface area contributed by atoms with E-state index < -0.39 is 11.8 Å². The average molecular weight is 447 g/mol. The van der Waals surface area contributed by atoms with E-state index in [4.69, 9.17) is 4.74 Å². The van der Waals surface area contributed by atoms with E-state index in [1.54, 1.807) is 0 Å². The van der Waals surface area contributed by atoms with Crippen LogP contribution in [0.1, 0.15) is 11.6 Å². The number of anilines is 1. The molecule has 3 rings (SSSR count). The Morgan fingerprint density at radius 3 is 2.22 bits per heavy atom. The van der Waals surface area contributed by atoms with Crippen LogP contribution in [-0.2, 0) is 14.3 Å². The van der Waals surface area contributed by atoms with Crippen molar-refractivity contribution in [3.8, 4) is 0 Å². The second kappa shape index (κ2) is 12.2. The molecule has 2 aliphatic rings. The van der Waals surface area contributed by atoms with Crippen molar-refractivity contribution in [2.75, 3.05) is 98.2 Å². The maximum Gasteiger partial charge on any atom is 0.309 e. The highest BCUT2D eigenvalue weighted by molar-refractivity contribution is 6.35. The van der Waals surface area contributed by atoms with E-state index in [2.05, 4.69) is 61.5 Å². The summed E-state index contributed by atoms with van der Waals surface area (Å²) in [5, 5.41) is 5.60. The number of amides is 2. The van der Waals surface area contributed by atoms with Gasteiger partial charge in [0.25, 0.3) is 0 Å². The van der Waals surface area contributed by atoms with Gasteiger partial charge in [-0.3, -0.25) is 19.4 Å². The molecule has 178 valence electrons. The third kappa shape index (κ3) is 7.16. The van der Waals surface area contributed by atoms with Crippen LogP contribution in [0.3, 0.4) is 0 Å². The molecule has 9 heteroatoms. The highest BCUT2D eigenvalue weighted by Gasteiger charge is 2.25. The van der Waals surface area contributed by atoms with Crippen LogP contribution in [0.15, 0.2) is 24.3 Å². The molecule has 32 heavy (non-hydrogen) atoms. The topological polar surface area (TPSA) is 80.4 Å². The van der Waals surface area contributed by atoms with Crippen molar-refractivity contribution in [2.45, 2.75) is 6.04 Å². The molecule has 1 aromatic carbocycles. The maximum atomic E-state index is 12.4. The average Bonchev–Trinajstić information content (AvgIpc) is 2.81. The number of nitrogens with zero attached hydrogens (tertiary/aromatic N) is 4. The number of ether oxygens (including phenoxy) is 1. The van der Waals surface area contributed by atoms with Crippen molar-refractivity contribution in [1.29, 1.82) is 0 Å². The molecule has 1 atom stereocenters. The smallest absolute Gasteiger partial charge is 0.309 e. The zero-order valence-electron chi connectivity index (χ0n) is 19.7. The van der Waals surface area contributed by atoms with Crippen molar-refractivity contribution in [3.63, 3.8) is 0 Å². The lowest BCUT2D eigenvalue weighted by molar-refractivity contribution is -0.139. The van der Waals surface area contributed by atoms with Crippen LogP contribution in [-0.4, -0.2) is 120 Å². The van der Waals surface area contributed by atoms with Gasteiger partial charge in [-0.15, -0.1) is 0 Å². The van der Waals surface area contributed by atoms with Crippen LogP contribution in [0, 0.1) is 0 Å². The molecule has 9 nitrogen and oxygen atoms in total. The number of benzene rings is 1. The summed E-state index contributed by atoms with van der Waals surface area (Å²) < 4.78 is 5.33. The molecule has 0 aromatic heterocycles. The fourth-order valence-electron chi connectivity index (χ4n) is 4.09. The monoisotopic (exact) mass is 446 g/mol. The predicted molar refractivity (Wildman–Crippen MR) is 126 cm³/mol. The van der Waals surface area contributed by atoms with Gasteiger partial charge in [-0.1, -0.05) is 12.1 Å². The minimum Gasteiger partial charge on any atom is -0.379 e. The lowest BCUT2D eigenvalue weighted by Gasteiger charge is -2.38. The second-order valence-electron chi connectivity index (χ2n) is 8.76. The van der Waals surface area contributed by atoms with Gasteiger partial charge in [0.15, 0.2) is 0 Å². The molecule has 0 aliphatic carbocycles. The minimum absolute atomic E-state index is 0.0324. The Labute approximate surface area is 191 Å². The number of hydrogen-bond donors (Lipinski definition) is 2. The summed E-state index contributed by atoms with van der Waals surface area (Å²) in [6, 6.07) is 8.46. The standard InChI is InChI=1S/C23H38N6O3/c1-26(2)20-6-4-19(5-7-20)21(29-12-10-27(3)11-13-29)18-25-23(31)22(30)24-8-9-28-14-16-32-17-15-28/h4-7,21H,8-18H2,1-3H3,(H,24,30)(H,25,31). The van der Waals surface area contributed by atoms with E-state index in [9.17, 15) is 9.59 Å². The fraction of sp³-hybridized carbons (Fsp3) is 0.652. The molecule has 0 radical (unpaired) electrons. The van der Waals surface area contributed by atoms with Crippen molar-refractivity contribution >= 4 is 17.5 Å². The van der Waals surface area contributed by atoms with E-state index in [1.807, 2.05) is 14.1 Å². The normalized spacial score (nSPS) is 19.3. The van der Waals surface area contributed by atoms with Gasteiger partial charge in [-0.05, 0) is 24.7 Å². The third-order valence-electron chi connectivity index (χ3n) is 6.25. The number of rotatable bonds is 8. The molecule has 2 N–H and O–H groups in total. The molecule has 1 aromatic rings. The van der Waals surface area contributed by atoms with E-state index in [0.29, 0.717) is 13.1 Å². The summed E-state index contributed by atoms with van der Waals surface area (Å²) >= 11 is 0. The Balaban J connectivity index is 1.54. The van der Waals surface area contributed by atoms with Crippen LogP contribution >= 0.6 is 0 Å². The molecule has 0 bridgehead atoms. The molecule has 2 amide bonds. The van der Waals surface area contributed by atoms with Gasteiger partial charge in [0, 0.05) is 78.7 Å². The first-order chi connectivity index (χ1) is 15.4. The molecule has 0 saturated carbocycles. The van der Waals surface area contributed by atoms with Crippen molar-refractivity contribution in [1.82, 2.24) is 25.3 Å². The number of carbonyl (C=O) groups is 2. The van der Waals surface area contributed by atoms with Crippen LogP contribution < -0.4 is 15.5 Å². The van der Waals surface area contributed by atoms with Crippen molar-refractivity contribution in [2.24, 2.45) is 0 Å². The number of nitrogens with one attached hydrogen (secondary N) is 2. The third-order valence-corrected chi connectivity index (χ3v) is 6.25. The quantitative estimate of drug-likeness (QED) is 0.527.